The Labute approximate surface area is 98.4 Å². The molecule has 1 atom stereocenters. The van der Waals surface area contributed by atoms with E-state index in [1.54, 1.807) is 0 Å². The van der Waals surface area contributed by atoms with Crippen molar-refractivity contribution in [3.63, 3.8) is 0 Å². The van der Waals surface area contributed by atoms with E-state index < -0.39 is 5.41 Å². The maximum absolute atomic E-state index is 11.6. The van der Waals surface area contributed by atoms with Crippen LogP contribution in [0.1, 0.15) is 40.5 Å². The molecule has 0 fully saturated rings. The van der Waals surface area contributed by atoms with E-state index in [2.05, 4.69) is 25.2 Å². The molecule has 2 heteroatoms. The summed E-state index contributed by atoms with van der Waals surface area (Å²) in [6.07, 6.45) is 8.57. The van der Waals surface area contributed by atoms with Gasteiger partial charge in [-0.1, -0.05) is 30.7 Å². The van der Waals surface area contributed by atoms with Gasteiger partial charge in [0.2, 0.25) is 0 Å². The third-order valence-electron chi connectivity index (χ3n) is 2.71. The summed E-state index contributed by atoms with van der Waals surface area (Å²) in [5.41, 5.74) is 0.974. The lowest BCUT2D eigenvalue weighted by atomic mass is 9.95. The van der Waals surface area contributed by atoms with E-state index >= 15 is 0 Å². The Balaban J connectivity index is 2.35. The van der Waals surface area contributed by atoms with Crippen molar-refractivity contribution in [3.8, 4) is 0 Å². The van der Waals surface area contributed by atoms with Crippen molar-refractivity contribution < 1.29 is 9.53 Å². The minimum absolute atomic E-state index is 0.119. The summed E-state index contributed by atoms with van der Waals surface area (Å²) >= 11 is 0. The molecule has 16 heavy (non-hydrogen) atoms. The lowest BCUT2D eigenvalue weighted by molar-refractivity contribution is -0.153. The molecule has 0 bridgehead atoms. The smallest absolute Gasteiger partial charge is 0.311 e. The summed E-state index contributed by atoms with van der Waals surface area (Å²) in [7, 11) is 0. The molecule has 0 aromatic rings. The second-order valence-corrected chi connectivity index (χ2v) is 5.34. The Morgan fingerprint density at radius 2 is 2.19 bits per heavy atom. The molecule has 1 aliphatic carbocycles. The lowest BCUT2D eigenvalue weighted by Crippen LogP contribution is -2.25. The fourth-order valence-corrected chi connectivity index (χ4v) is 1.49. The molecule has 0 spiro atoms. The van der Waals surface area contributed by atoms with Gasteiger partial charge in [-0.2, -0.15) is 0 Å². The Bertz CT molecular complexity index is 305. The molecule has 0 amide bonds. The normalized spacial score (nSPS) is 20.5. The van der Waals surface area contributed by atoms with E-state index in [4.69, 9.17) is 4.74 Å². The van der Waals surface area contributed by atoms with Crippen molar-refractivity contribution in [2.75, 3.05) is 6.61 Å². The summed E-state index contributed by atoms with van der Waals surface area (Å²) in [5, 5.41) is 0. The van der Waals surface area contributed by atoms with Gasteiger partial charge in [0.05, 0.1) is 12.0 Å². The molecule has 0 aromatic heterocycles. The first kappa shape index (κ1) is 13.0. The molecule has 1 aliphatic rings. The number of esters is 1. The van der Waals surface area contributed by atoms with Crippen LogP contribution in [0.15, 0.2) is 23.8 Å². The van der Waals surface area contributed by atoms with Gasteiger partial charge in [0, 0.05) is 5.92 Å². The van der Waals surface area contributed by atoms with Crippen molar-refractivity contribution >= 4 is 5.97 Å². The SMILES string of the molecule is CCC1=CCC(COC(=O)C(C)(C)C)C=C1. The van der Waals surface area contributed by atoms with Crippen LogP contribution in [0.5, 0.6) is 0 Å². The molecular formula is C14H22O2. The van der Waals surface area contributed by atoms with Crippen molar-refractivity contribution in [2.45, 2.75) is 40.5 Å². The number of hydrogen-bond donors (Lipinski definition) is 0. The van der Waals surface area contributed by atoms with Crippen molar-refractivity contribution in [3.05, 3.63) is 23.8 Å². The first-order valence-electron chi connectivity index (χ1n) is 5.98. The Morgan fingerprint density at radius 3 is 2.62 bits per heavy atom. The second-order valence-electron chi connectivity index (χ2n) is 5.34. The molecule has 0 heterocycles. The monoisotopic (exact) mass is 222 g/mol. The van der Waals surface area contributed by atoms with E-state index in [1.807, 2.05) is 20.8 Å². The summed E-state index contributed by atoms with van der Waals surface area (Å²) < 4.78 is 5.30. The van der Waals surface area contributed by atoms with Gasteiger partial charge in [-0.3, -0.25) is 4.79 Å². The topological polar surface area (TPSA) is 26.3 Å². The fraction of sp³-hybridized carbons (Fsp3) is 0.643. The van der Waals surface area contributed by atoms with Crippen molar-refractivity contribution in [1.29, 1.82) is 0 Å². The highest BCUT2D eigenvalue weighted by atomic mass is 16.5. The predicted molar refractivity (Wildman–Crippen MR) is 66.0 cm³/mol. The zero-order valence-electron chi connectivity index (χ0n) is 10.7. The van der Waals surface area contributed by atoms with E-state index in [0.29, 0.717) is 12.5 Å². The zero-order chi connectivity index (χ0) is 12.2. The zero-order valence-corrected chi connectivity index (χ0v) is 10.7. The molecule has 1 unspecified atom stereocenters. The van der Waals surface area contributed by atoms with E-state index in [0.717, 1.165) is 12.8 Å². The number of carbonyl (C=O) groups is 1. The first-order chi connectivity index (χ1) is 7.43. The fourth-order valence-electron chi connectivity index (χ4n) is 1.49. The lowest BCUT2D eigenvalue weighted by Gasteiger charge is -2.20. The Kier molecular flexibility index (Phi) is 4.34. The van der Waals surface area contributed by atoms with Crippen LogP contribution in [0.3, 0.4) is 0 Å². The molecule has 90 valence electrons. The number of hydrogen-bond acceptors (Lipinski definition) is 2. The summed E-state index contributed by atoms with van der Waals surface area (Å²) in [4.78, 5) is 11.6. The standard InChI is InChI=1S/C14H22O2/c1-5-11-6-8-12(9-7-11)10-16-13(15)14(2,3)4/h6-8,12H,5,9-10H2,1-4H3. The van der Waals surface area contributed by atoms with Gasteiger partial charge in [0.25, 0.3) is 0 Å². The highest BCUT2D eigenvalue weighted by molar-refractivity contribution is 5.75. The van der Waals surface area contributed by atoms with Crippen molar-refractivity contribution in [2.24, 2.45) is 11.3 Å². The average molecular weight is 222 g/mol. The van der Waals surface area contributed by atoms with Gasteiger partial charge < -0.3 is 4.74 Å². The molecule has 0 saturated heterocycles. The largest absolute Gasteiger partial charge is 0.465 e. The van der Waals surface area contributed by atoms with Crippen LogP contribution in [0.4, 0.5) is 0 Å². The summed E-state index contributed by atoms with van der Waals surface area (Å²) in [6, 6.07) is 0. The number of carbonyl (C=O) groups excluding carboxylic acids is 1. The van der Waals surface area contributed by atoms with Crippen LogP contribution in [-0.4, -0.2) is 12.6 Å². The second kappa shape index (κ2) is 5.33. The van der Waals surface area contributed by atoms with Gasteiger partial charge in [-0.25, -0.2) is 0 Å². The van der Waals surface area contributed by atoms with Crippen LogP contribution < -0.4 is 0 Å². The number of allylic oxidation sites excluding steroid dienone is 3. The van der Waals surface area contributed by atoms with E-state index in [9.17, 15) is 4.79 Å². The first-order valence-corrected chi connectivity index (χ1v) is 5.98. The molecule has 0 radical (unpaired) electrons. The van der Waals surface area contributed by atoms with Gasteiger partial charge in [0.1, 0.15) is 0 Å². The Morgan fingerprint density at radius 1 is 1.50 bits per heavy atom. The van der Waals surface area contributed by atoms with E-state index in [-0.39, 0.29) is 5.97 Å². The quantitative estimate of drug-likeness (QED) is 0.683. The average Bonchev–Trinajstić information content (AvgIpc) is 2.25. The molecule has 0 aromatic carbocycles. The number of ether oxygens (including phenoxy) is 1. The van der Waals surface area contributed by atoms with Gasteiger partial charge >= 0.3 is 5.97 Å². The highest BCUT2D eigenvalue weighted by Gasteiger charge is 2.23. The third-order valence-corrected chi connectivity index (χ3v) is 2.71. The molecule has 1 rings (SSSR count). The minimum Gasteiger partial charge on any atom is -0.465 e. The molecule has 2 nitrogen and oxygen atoms in total. The van der Waals surface area contributed by atoms with Gasteiger partial charge in [-0.05, 0) is 33.6 Å². The van der Waals surface area contributed by atoms with Crippen LogP contribution in [0, 0.1) is 11.3 Å². The summed E-state index contributed by atoms with van der Waals surface area (Å²) in [5.74, 6) is 0.229. The maximum Gasteiger partial charge on any atom is 0.311 e. The van der Waals surface area contributed by atoms with Crippen LogP contribution >= 0.6 is 0 Å². The highest BCUT2D eigenvalue weighted by Crippen LogP contribution is 2.20. The molecule has 0 saturated carbocycles. The van der Waals surface area contributed by atoms with Gasteiger partial charge in [-0.15, -0.1) is 0 Å². The predicted octanol–water partition coefficient (Wildman–Crippen LogP) is 3.49. The van der Waals surface area contributed by atoms with Crippen LogP contribution in [-0.2, 0) is 9.53 Å². The molecule has 0 aliphatic heterocycles. The minimum atomic E-state index is -0.400. The summed E-state index contributed by atoms with van der Waals surface area (Å²) in [6.45, 7) is 8.28. The molecule has 0 N–H and O–H groups in total. The number of rotatable bonds is 3. The van der Waals surface area contributed by atoms with Crippen LogP contribution in [0.25, 0.3) is 0 Å². The van der Waals surface area contributed by atoms with Gasteiger partial charge in [0.15, 0.2) is 0 Å². The molecular weight excluding hydrogens is 200 g/mol. The van der Waals surface area contributed by atoms with Crippen molar-refractivity contribution in [1.82, 2.24) is 0 Å². The van der Waals surface area contributed by atoms with E-state index in [1.165, 1.54) is 5.57 Å². The maximum atomic E-state index is 11.6. The third kappa shape index (κ3) is 3.84. The van der Waals surface area contributed by atoms with Crippen LogP contribution in [0.2, 0.25) is 0 Å². The Hall–Kier alpha value is -1.05.